The Kier molecular flexibility index (Phi) is 6.22. The molecule has 2 amide bonds. The lowest BCUT2D eigenvalue weighted by Crippen LogP contribution is -2.62. The van der Waals surface area contributed by atoms with Crippen LogP contribution in [0.15, 0.2) is 42.0 Å². The van der Waals surface area contributed by atoms with E-state index >= 15 is 0 Å². The maximum absolute atomic E-state index is 13.5. The zero-order chi connectivity index (χ0) is 22.1. The molecule has 1 aromatic rings. The van der Waals surface area contributed by atoms with Gasteiger partial charge in [0.25, 0.3) is 0 Å². The molecule has 6 heteroatoms. The number of fused-ring (bicyclic) bond motifs is 6. The molecular weight excluding hydrogens is 402 g/mol. The van der Waals surface area contributed by atoms with E-state index in [1.807, 2.05) is 35.2 Å². The minimum atomic E-state index is -0.682. The number of urea groups is 1. The first-order valence-electron chi connectivity index (χ1n) is 12.3. The topological polar surface area (TPSA) is 61.9 Å². The molecule has 2 bridgehead atoms. The van der Waals surface area contributed by atoms with Crippen LogP contribution >= 0.6 is 0 Å². The molecule has 0 spiro atoms. The van der Waals surface area contributed by atoms with Gasteiger partial charge in [0.15, 0.2) is 0 Å². The summed E-state index contributed by atoms with van der Waals surface area (Å²) >= 11 is 0. The van der Waals surface area contributed by atoms with Crippen molar-refractivity contribution in [1.29, 1.82) is 0 Å². The molecule has 6 nitrogen and oxygen atoms in total. The van der Waals surface area contributed by atoms with Crippen LogP contribution in [-0.2, 0) is 16.0 Å². The predicted octanol–water partition coefficient (Wildman–Crippen LogP) is 3.38. The quantitative estimate of drug-likeness (QED) is 0.580. The van der Waals surface area contributed by atoms with Crippen LogP contribution in [0.5, 0.6) is 0 Å². The van der Waals surface area contributed by atoms with E-state index in [1.165, 1.54) is 44.9 Å². The third-order valence-electron chi connectivity index (χ3n) is 7.98. The van der Waals surface area contributed by atoms with Gasteiger partial charge in [-0.05, 0) is 56.0 Å². The van der Waals surface area contributed by atoms with E-state index in [0.29, 0.717) is 24.3 Å². The number of rotatable bonds is 4. The summed E-state index contributed by atoms with van der Waals surface area (Å²) in [6.45, 7) is 3.04. The first kappa shape index (κ1) is 21.5. The summed E-state index contributed by atoms with van der Waals surface area (Å²) in [7, 11) is 1.38. The molecule has 0 radical (unpaired) electrons. The average Bonchev–Trinajstić information content (AvgIpc) is 2.83. The summed E-state index contributed by atoms with van der Waals surface area (Å²) in [4.78, 5) is 30.7. The molecule has 5 rings (SSSR count). The lowest BCUT2D eigenvalue weighted by Gasteiger charge is -2.54. The number of ether oxygens (including phenoxy) is 1. The monoisotopic (exact) mass is 437 g/mol. The Morgan fingerprint density at radius 3 is 2.81 bits per heavy atom. The molecule has 3 saturated heterocycles. The van der Waals surface area contributed by atoms with Crippen molar-refractivity contribution in [2.24, 2.45) is 11.8 Å². The van der Waals surface area contributed by atoms with Crippen molar-refractivity contribution >= 4 is 12.0 Å². The number of nitrogens with one attached hydrogen (secondary N) is 1. The van der Waals surface area contributed by atoms with Crippen LogP contribution in [-0.4, -0.2) is 66.7 Å². The van der Waals surface area contributed by atoms with Crippen LogP contribution in [0.3, 0.4) is 0 Å². The first-order chi connectivity index (χ1) is 15.6. The highest BCUT2D eigenvalue weighted by molar-refractivity contribution is 5.84. The second-order valence-electron chi connectivity index (χ2n) is 9.92. The second kappa shape index (κ2) is 9.26. The third-order valence-corrected chi connectivity index (χ3v) is 7.98. The molecule has 1 aliphatic carbocycles. The van der Waals surface area contributed by atoms with Crippen LogP contribution in [0.2, 0.25) is 0 Å². The van der Waals surface area contributed by atoms with Crippen LogP contribution in [0.25, 0.3) is 0 Å². The molecule has 4 aliphatic rings. The first-order valence-corrected chi connectivity index (χ1v) is 12.3. The molecule has 3 fully saturated rings. The van der Waals surface area contributed by atoms with Gasteiger partial charge < -0.3 is 15.0 Å². The van der Waals surface area contributed by atoms with Crippen LogP contribution in [0.1, 0.15) is 44.1 Å². The number of benzene rings is 1. The Morgan fingerprint density at radius 1 is 1.16 bits per heavy atom. The van der Waals surface area contributed by atoms with Crippen molar-refractivity contribution in [3.05, 3.63) is 47.5 Å². The van der Waals surface area contributed by atoms with E-state index in [-0.39, 0.29) is 12.1 Å². The summed E-state index contributed by atoms with van der Waals surface area (Å²) in [5.41, 5.74) is 2.46. The van der Waals surface area contributed by atoms with Gasteiger partial charge in [-0.1, -0.05) is 48.4 Å². The molecule has 32 heavy (non-hydrogen) atoms. The smallest absolute Gasteiger partial charge is 0.328 e. The highest BCUT2D eigenvalue weighted by Gasteiger charge is 2.47. The number of piperidine rings is 3. The largest absolute Gasteiger partial charge is 0.467 e. The zero-order valence-corrected chi connectivity index (χ0v) is 19.0. The summed E-state index contributed by atoms with van der Waals surface area (Å²) in [6, 6.07) is 9.84. The predicted molar refractivity (Wildman–Crippen MR) is 123 cm³/mol. The van der Waals surface area contributed by atoms with E-state index in [0.717, 1.165) is 31.5 Å². The number of nitrogens with zero attached hydrogens (tertiary/aromatic N) is 2. The number of carbonyl (C=O) groups is 2. The van der Waals surface area contributed by atoms with Crippen molar-refractivity contribution in [2.75, 3.05) is 26.7 Å². The van der Waals surface area contributed by atoms with Gasteiger partial charge in [-0.15, -0.1) is 0 Å². The van der Waals surface area contributed by atoms with Gasteiger partial charge >= 0.3 is 12.0 Å². The van der Waals surface area contributed by atoms with Crippen LogP contribution in [0, 0.1) is 11.8 Å². The molecule has 1 N–H and O–H groups in total. The number of hydrogen-bond donors (Lipinski definition) is 1. The summed E-state index contributed by atoms with van der Waals surface area (Å²) < 4.78 is 5.01. The fraction of sp³-hybridized carbons (Fsp3) is 0.615. The zero-order valence-electron chi connectivity index (χ0n) is 19.0. The number of carbonyl (C=O) groups excluding carboxylic acids is 2. The fourth-order valence-corrected chi connectivity index (χ4v) is 6.62. The molecule has 172 valence electrons. The third kappa shape index (κ3) is 4.17. The Hall–Kier alpha value is -2.34. The average molecular weight is 438 g/mol. The Labute approximate surface area is 191 Å². The molecule has 5 atom stereocenters. The SMILES string of the molecule is COC(=O)[C@H](Cc1ccccc1)NC(=O)N1CCCC2=CC3CC(CN4CCCC[C@H]34)[C@@H]21. The van der Waals surface area contributed by atoms with Crippen molar-refractivity contribution in [1.82, 2.24) is 15.1 Å². The van der Waals surface area contributed by atoms with Gasteiger partial charge in [0, 0.05) is 25.6 Å². The molecule has 0 aromatic heterocycles. The Morgan fingerprint density at radius 2 is 2.00 bits per heavy atom. The highest BCUT2D eigenvalue weighted by Crippen LogP contribution is 2.45. The van der Waals surface area contributed by atoms with Crippen LogP contribution in [0.4, 0.5) is 4.79 Å². The van der Waals surface area contributed by atoms with Gasteiger partial charge in [0.05, 0.1) is 13.2 Å². The summed E-state index contributed by atoms with van der Waals surface area (Å²) in [6.07, 6.45) is 10.2. The van der Waals surface area contributed by atoms with Crippen molar-refractivity contribution in [2.45, 2.75) is 63.1 Å². The molecule has 3 heterocycles. The number of methoxy groups -OCH3 is 1. The van der Waals surface area contributed by atoms with E-state index in [9.17, 15) is 9.59 Å². The Balaban J connectivity index is 1.34. The minimum Gasteiger partial charge on any atom is -0.467 e. The maximum Gasteiger partial charge on any atom is 0.328 e. The number of likely N-dealkylation sites (tertiary alicyclic amines) is 1. The van der Waals surface area contributed by atoms with Crippen LogP contribution < -0.4 is 5.32 Å². The molecule has 3 aliphatic heterocycles. The molecule has 2 unspecified atom stereocenters. The number of hydrogen-bond acceptors (Lipinski definition) is 4. The molecule has 0 saturated carbocycles. The maximum atomic E-state index is 13.5. The van der Waals surface area contributed by atoms with E-state index in [4.69, 9.17) is 4.74 Å². The normalized spacial score (nSPS) is 30.4. The van der Waals surface area contributed by atoms with Gasteiger partial charge in [-0.3, -0.25) is 4.90 Å². The minimum absolute atomic E-state index is 0.133. The van der Waals surface area contributed by atoms with Gasteiger partial charge in [0.1, 0.15) is 6.04 Å². The van der Waals surface area contributed by atoms with Crippen molar-refractivity contribution in [3.8, 4) is 0 Å². The highest BCUT2D eigenvalue weighted by atomic mass is 16.5. The lowest BCUT2D eigenvalue weighted by atomic mass is 9.68. The summed E-state index contributed by atoms with van der Waals surface area (Å²) in [5, 5.41) is 3.02. The van der Waals surface area contributed by atoms with E-state index < -0.39 is 12.0 Å². The number of amides is 2. The van der Waals surface area contributed by atoms with Crippen molar-refractivity contribution < 1.29 is 14.3 Å². The van der Waals surface area contributed by atoms with Gasteiger partial charge in [0.2, 0.25) is 0 Å². The van der Waals surface area contributed by atoms with Gasteiger partial charge in [-0.25, -0.2) is 9.59 Å². The number of esters is 1. The molecule has 1 aromatic carbocycles. The molecular formula is C26H35N3O3. The second-order valence-corrected chi connectivity index (χ2v) is 9.92. The summed E-state index contributed by atoms with van der Waals surface area (Å²) in [5.74, 6) is 0.739. The van der Waals surface area contributed by atoms with E-state index in [1.54, 1.807) is 0 Å². The van der Waals surface area contributed by atoms with Gasteiger partial charge in [-0.2, -0.15) is 0 Å². The Bertz CT molecular complexity index is 870. The lowest BCUT2D eigenvalue weighted by molar-refractivity contribution is -0.142. The fourth-order valence-electron chi connectivity index (χ4n) is 6.62. The standard InChI is InChI=1S/C26H35N3O3/c1-32-25(30)22(14-18-8-3-2-4-9-18)27-26(31)29-13-7-10-19-15-20-16-21(24(19)29)17-28-12-6-5-11-23(20)28/h2-4,8-9,15,20-24H,5-7,10-14,16-17H2,1H3,(H,27,31)/t20?,21?,22-,23+,24+/m0/s1. The van der Waals surface area contributed by atoms with E-state index in [2.05, 4.69) is 16.3 Å². The van der Waals surface area contributed by atoms with Crippen molar-refractivity contribution in [3.63, 3.8) is 0 Å².